The average molecular weight is 293 g/mol. The Hall–Kier alpha value is 0.314. The molecule has 0 N–H and O–H groups in total. The molecular formula is C13H32O3Si2. The van der Waals surface area contributed by atoms with E-state index in [1.165, 1.54) is 12.8 Å². The fraction of sp³-hybridized carbons (Fsp3) is 1.00. The molecule has 0 saturated carbocycles. The van der Waals surface area contributed by atoms with Gasteiger partial charge in [0.2, 0.25) is 0 Å². The van der Waals surface area contributed by atoms with Crippen LogP contribution in [0.2, 0.25) is 6.04 Å². The van der Waals surface area contributed by atoms with Crippen molar-refractivity contribution in [2.45, 2.75) is 64.6 Å². The molecule has 0 aromatic heterocycles. The highest BCUT2D eigenvalue weighted by molar-refractivity contribution is 6.70. The van der Waals surface area contributed by atoms with Gasteiger partial charge in [0.15, 0.2) is 0 Å². The molecule has 1 heterocycles. The summed E-state index contributed by atoms with van der Waals surface area (Å²) in [6.07, 6.45) is 4.57. The van der Waals surface area contributed by atoms with E-state index in [1.807, 2.05) is 0 Å². The second-order valence-corrected chi connectivity index (χ2v) is 8.10. The minimum atomic E-state index is -2.21. The molecule has 0 bridgehead atoms. The van der Waals surface area contributed by atoms with Crippen LogP contribution in [-0.2, 0) is 13.6 Å². The smallest absolute Gasteiger partial charge is 0.371 e. The van der Waals surface area contributed by atoms with Crippen molar-refractivity contribution in [2.24, 2.45) is 0 Å². The standard InChI is InChI=1S/C13H28O3Si.H4Si/c1-5-13(14-6-2)11-9-10-12-17(13,15-7-3)16-8-4;/h5-12H2,1-4H3;1H4. The van der Waals surface area contributed by atoms with Gasteiger partial charge in [-0.2, -0.15) is 0 Å². The Kier molecular flexibility index (Phi) is 8.63. The van der Waals surface area contributed by atoms with Crippen molar-refractivity contribution in [3.63, 3.8) is 0 Å². The van der Waals surface area contributed by atoms with Gasteiger partial charge in [-0.25, -0.2) is 0 Å². The summed E-state index contributed by atoms with van der Waals surface area (Å²) in [4.78, 5) is 0. The summed E-state index contributed by atoms with van der Waals surface area (Å²) in [5, 5.41) is -0.119. The Balaban J connectivity index is 0.00000289. The van der Waals surface area contributed by atoms with Crippen LogP contribution in [0.4, 0.5) is 0 Å². The predicted octanol–water partition coefficient (Wildman–Crippen LogP) is 1.96. The zero-order valence-corrected chi connectivity index (χ0v) is 12.9. The lowest BCUT2D eigenvalue weighted by atomic mass is 10.1. The lowest BCUT2D eigenvalue weighted by molar-refractivity contribution is -0.0426. The van der Waals surface area contributed by atoms with Crippen LogP contribution < -0.4 is 0 Å². The molecule has 0 aliphatic carbocycles. The maximum Gasteiger partial charge on any atom is 0.371 e. The summed E-state index contributed by atoms with van der Waals surface area (Å²) < 4.78 is 18.5. The largest absolute Gasteiger partial charge is 0.393 e. The fourth-order valence-corrected chi connectivity index (χ4v) is 7.57. The quantitative estimate of drug-likeness (QED) is 0.671. The summed E-state index contributed by atoms with van der Waals surface area (Å²) in [5.74, 6) is 0. The van der Waals surface area contributed by atoms with Crippen molar-refractivity contribution in [1.29, 1.82) is 0 Å². The van der Waals surface area contributed by atoms with E-state index in [2.05, 4.69) is 27.7 Å². The Bertz CT molecular complexity index is 211. The van der Waals surface area contributed by atoms with Gasteiger partial charge in [-0.3, -0.25) is 0 Å². The molecule has 0 aromatic rings. The van der Waals surface area contributed by atoms with Gasteiger partial charge in [-0.15, -0.1) is 0 Å². The number of hydrogen-bond acceptors (Lipinski definition) is 3. The molecule has 0 aromatic carbocycles. The van der Waals surface area contributed by atoms with Crippen LogP contribution >= 0.6 is 0 Å². The maximum absolute atomic E-state index is 6.16. The first-order valence-electron chi connectivity index (χ1n) is 7.12. The van der Waals surface area contributed by atoms with Gasteiger partial charge in [0, 0.05) is 19.8 Å². The van der Waals surface area contributed by atoms with E-state index < -0.39 is 8.56 Å². The summed E-state index contributed by atoms with van der Waals surface area (Å²) in [5.41, 5.74) is 0. The molecule has 110 valence electrons. The molecular weight excluding hydrogens is 260 g/mol. The number of rotatable bonds is 7. The molecule has 1 aliphatic rings. The van der Waals surface area contributed by atoms with Gasteiger partial charge >= 0.3 is 8.56 Å². The first-order chi connectivity index (χ1) is 8.20. The highest BCUT2D eigenvalue weighted by Gasteiger charge is 2.58. The van der Waals surface area contributed by atoms with Crippen molar-refractivity contribution >= 4 is 19.5 Å². The molecule has 3 nitrogen and oxygen atoms in total. The average Bonchev–Trinajstić information content (AvgIpc) is 2.33. The van der Waals surface area contributed by atoms with Crippen molar-refractivity contribution in [3.8, 4) is 0 Å². The Morgan fingerprint density at radius 3 is 2.00 bits per heavy atom. The molecule has 0 radical (unpaired) electrons. The third-order valence-electron chi connectivity index (χ3n) is 3.78. The molecule has 1 atom stereocenters. The van der Waals surface area contributed by atoms with Gasteiger partial charge in [-0.05, 0) is 50.6 Å². The predicted molar refractivity (Wildman–Crippen MR) is 83.6 cm³/mol. The first kappa shape index (κ1) is 18.3. The topological polar surface area (TPSA) is 27.7 Å². The van der Waals surface area contributed by atoms with Crippen molar-refractivity contribution < 1.29 is 13.6 Å². The van der Waals surface area contributed by atoms with Gasteiger partial charge in [0.1, 0.15) is 5.22 Å². The van der Waals surface area contributed by atoms with Crippen LogP contribution in [0.1, 0.15) is 53.4 Å². The third-order valence-corrected chi connectivity index (χ3v) is 8.44. The lowest BCUT2D eigenvalue weighted by Gasteiger charge is -2.49. The minimum absolute atomic E-state index is 0. The lowest BCUT2D eigenvalue weighted by Crippen LogP contribution is -2.65. The molecule has 1 saturated heterocycles. The normalized spacial score (nSPS) is 26.7. The Morgan fingerprint density at radius 2 is 1.56 bits per heavy atom. The van der Waals surface area contributed by atoms with E-state index in [0.29, 0.717) is 0 Å². The molecule has 1 fully saturated rings. The van der Waals surface area contributed by atoms with E-state index >= 15 is 0 Å². The van der Waals surface area contributed by atoms with Crippen LogP contribution in [0.5, 0.6) is 0 Å². The minimum Gasteiger partial charge on any atom is -0.393 e. The highest BCUT2D eigenvalue weighted by atomic mass is 28.4. The SMILES string of the molecule is CCOC1(CC)CCCC[Si]1(OCC)OCC.[SiH4]. The molecule has 1 rings (SSSR count). The van der Waals surface area contributed by atoms with Crippen molar-refractivity contribution in [1.82, 2.24) is 0 Å². The van der Waals surface area contributed by atoms with E-state index in [-0.39, 0.29) is 16.2 Å². The first-order valence-corrected chi connectivity index (χ1v) is 9.14. The monoisotopic (exact) mass is 292 g/mol. The van der Waals surface area contributed by atoms with Crippen LogP contribution in [0, 0.1) is 0 Å². The Labute approximate surface area is 118 Å². The van der Waals surface area contributed by atoms with Crippen LogP contribution in [0.25, 0.3) is 0 Å². The van der Waals surface area contributed by atoms with Gasteiger partial charge in [-0.1, -0.05) is 19.8 Å². The molecule has 0 spiro atoms. The van der Waals surface area contributed by atoms with Crippen molar-refractivity contribution in [3.05, 3.63) is 0 Å². The Morgan fingerprint density at radius 1 is 0.944 bits per heavy atom. The highest BCUT2D eigenvalue weighted by Crippen LogP contribution is 2.42. The fourth-order valence-electron chi connectivity index (χ4n) is 3.11. The summed E-state index contributed by atoms with van der Waals surface area (Å²) >= 11 is 0. The molecule has 1 unspecified atom stereocenters. The van der Waals surface area contributed by atoms with E-state index in [1.54, 1.807) is 0 Å². The van der Waals surface area contributed by atoms with Gasteiger partial charge in [0.25, 0.3) is 0 Å². The molecule has 5 heteroatoms. The van der Waals surface area contributed by atoms with Crippen LogP contribution in [0.3, 0.4) is 0 Å². The molecule has 0 amide bonds. The van der Waals surface area contributed by atoms with E-state index in [0.717, 1.165) is 38.7 Å². The molecule has 18 heavy (non-hydrogen) atoms. The number of hydrogen-bond donors (Lipinski definition) is 0. The summed E-state index contributed by atoms with van der Waals surface area (Å²) in [6, 6.07) is 1.09. The van der Waals surface area contributed by atoms with Crippen LogP contribution in [-0.4, -0.2) is 44.6 Å². The van der Waals surface area contributed by atoms with Gasteiger partial charge < -0.3 is 13.6 Å². The zero-order valence-electron chi connectivity index (χ0n) is 11.9. The zero-order chi connectivity index (χ0) is 12.8. The van der Waals surface area contributed by atoms with Crippen molar-refractivity contribution in [2.75, 3.05) is 19.8 Å². The summed E-state index contributed by atoms with van der Waals surface area (Å²) in [7, 11) is -2.21. The van der Waals surface area contributed by atoms with Gasteiger partial charge in [0.05, 0.1) is 0 Å². The van der Waals surface area contributed by atoms with E-state index in [9.17, 15) is 0 Å². The van der Waals surface area contributed by atoms with E-state index in [4.69, 9.17) is 13.6 Å². The second kappa shape index (κ2) is 8.48. The van der Waals surface area contributed by atoms with Crippen LogP contribution in [0.15, 0.2) is 0 Å². The summed E-state index contributed by atoms with van der Waals surface area (Å²) in [6.45, 7) is 10.6. The number of ether oxygens (including phenoxy) is 1. The second-order valence-electron chi connectivity index (χ2n) is 4.61. The third kappa shape index (κ3) is 3.45. The molecule has 1 aliphatic heterocycles. The maximum atomic E-state index is 6.16.